The Morgan fingerprint density at radius 1 is 1.28 bits per heavy atom. The first-order chi connectivity index (χ1) is 8.20. The van der Waals surface area contributed by atoms with Crippen molar-refractivity contribution in [3.63, 3.8) is 0 Å². The molecule has 4 atom stereocenters. The quantitative estimate of drug-likeness (QED) is 0.823. The normalized spacial score (nSPS) is 35.9. The van der Waals surface area contributed by atoms with Gasteiger partial charge in [-0.05, 0) is 31.6 Å². The van der Waals surface area contributed by atoms with E-state index in [1.165, 1.54) is 19.3 Å². The van der Waals surface area contributed by atoms with Gasteiger partial charge in [0, 0.05) is 12.6 Å². The fourth-order valence-corrected chi connectivity index (χ4v) is 2.88. The van der Waals surface area contributed by atoms with E-state index in [2.05, 4.69) is 12.2 Å². The van der Waals surface area contributed by atoms with E-state index in [1.54, 1.807) is 0 Å². The van der Waals surface area contributed by atoms with Crippen molar-refractivity contribution >= 4 is 18.3 Å². The fraction of sp³-hybridized carbons (Fsp3) is 0.923. The van der Waals surface area contributed by atoms with Crippen LogP contribution in [0.15, 0.2) is 0 Å². The zero-order valence-electron chi connectivity index (χ0n) is 11.1. The van der Waals surface area contributed by atoms with E-state index < -0.39 is 0 Å². The van der Waals surface area contributed by atoms with Crippen LogP contribution in [-0.2, 0) is 9.53 Å². The second-order valence-electron chi connectivity index (χ2n) is 5.44. The van der Waals surface area contributed by atoms with Crippen molar-refractivity contribution in [2.24, 2.45) is 11.7 Å². The van der Waals surface area contributed by atoms with Gasteiger partial charge in [0.2, 0.25) is 5.91 Å². The summed E-state index contributed by atoms with van der Waals surface area (Å²) < 4.78 is 5.61. The Morgan fingerprint density at radius 3 is 2.61 bits per heavy atom. The molecule has 2 unspecified atom stereocenters. The lowest BCUT2D eigenvalue weighted by molar-refractivity contribution is -0.133. The van der Waals surface area contributed by atoms with Crippen molar-refractivity contribution < 1.29 is 9.53 Å². The van der Waals surface area contributed by atoms with Crippen molar-refractivity contribution in [2.45, 2.75) is 63.7 Å². The Balaban J connectivity index is 0.00000162. The molecule has 0 spiro atoms. The molecule has 1 saturated carbocycles. The standard InChI is InChI=1S/C13H24N2O2.ClH/c1-9-4-2-3-5-11(9)15-13(16)12-7-6-10(8-14)17-12;/h9-12H,2-8,14H2,1H3,(H,15,16);1H/t9?,10-,11?,12+;/m1./s1. The molecule has 0 aromatic heterocycles. The highest BCUT2D eigenvalue weighted by atomic mass is 35.5. The Morgan fingerprint density at radius 2 is 2.00 bits per heavy atom. The van der Waals surface area contributed by atoms with Gasteiger partial charge in [-0.3, -0.25) is 4.79 Å². The topological polar surface area (TPSA) is 64.4 Å². The summed E-state index contributed by atoms with van der Waals surface area (Å²) in [6.45, 7) is 2.74. The van der Waals surface area contributed by atoms with Crippen molar-refractivity contribution in [1.82, 2.24) is 5.32 Å². The third-order valence-corrected chi connectivity index (χ3v) is 4.10. The Kier molecular flexibility index (Phi) is 6.39. The lowest BCUT2D eigenvalue weighted by atomic mass is 9.86. The van der Waals surface area contributed by atoms with Crippen molar-refractivity contribution in [3.8, 4) is 0 Å². The van der Waals surface area contributed by atoms with E-state index in [-0.39, 0.29) is 30.5 Å². The van der Waals surface area contributed by atoms with E-state index in [0.717, 1.165) is 19.3 Å². The van der Waals surface area contributed by atoms with Crippen LogP contribution in [0.2, 0.25) is 0 Å². The van der Waals surface area contributed by atoms with E-state index in [1.807, 2.05) is 0 Å². The fourth-order valence-electron chi connectivity index (χ4n) is 2.88. The molecule has 1 saturated heterocycles. The second-order valence-corrected chi connectivity index (χ2v) is 5.44. The maximum absolute atomic E-state index is 12.0. The minimum Gasteiger partial charge on any atom is -0.364 e. The van der Waals surface area contributed by atoms with Gasteiger partial charge in [0.05, 0.1) is 6.10 Å². The zero-order valence-corrected chi connectivity index (χ0v) is 11.9. The van der Waals surface area contributed by atoms with Crippen LogP contribution in [-0.4, -0.2) is 30.7 Å². The van der Waals surface area contributed by atoms with Crippen LogP contribution in [0.4, 0.5) is 0 Å². The molecule has 1 heterocycles. The number of carbonyl (C=O) groups is 1. The molecule has 0 aromatic carbocycles. The molecule has 0 bridgehead atoms. The van der Waals surface area contributed by atoms with E-state index in [0.29, 0.717) is 18.5 Å². The summed E-state index contributed by atoms with van der Waals surface area (Å²) in [6.07, 6.45) is 6.40. The molecule has 2 fully saturated rings. The number of rotatable bonds is 3. The first-order valence-electron chi connectivity index (χ1n) is 6.86. The average Bonchev–Trinajstić information content (AvgIpc) is 2.81. The first-order valence-corrected chi connectivity index (χ1v) is 6.86. The summed E-state index contributed by atoms with van der Waals surface area (Å²) in [5.41, 5.74) is 5.55. The summed E-state index contributed by atoms with van der Waals surface area (Å²) >= 11 is 0. The molecule has 1 aliphatic carbocycles. The molecule has 2 aliphatic rings. The van der Waals surface area contributed by atoms with Crippen LogP contribution in [0.3, 0.4) is 0 Å². The highest BCUT2D eigenvalue weighted by molar-refractivity contribution is 5.85. The predicted octanol–water partition coefficient (Wildman–Crippen LogP) is 1.61. The highest BCUT2D eigenvalue weighted by Gasteiger charge is 2.32. The minimum absolute atomic E-state index is 0. The van der Waals surface area contributed by atoms with Crippen molar-refractivity contribution in [1.29, 1.82) is 0 Å². The average molecular weight is 277 g/mol. The molecular weight excluding hydrogens is 252 g/mol. The molecular formula is C13H25ClN2O2. The van der Waals surface area contributed by atoms with Crippen molar-refractivity contribution in [3.05, 3.63) is 0 Å². The molecule has 0 aromatic rings. The summed E-state index contributed by atoms with van der Waals surface area (Å²) in [5, 5.41) is 3.15. The summed E-state index contributed by atoms with van der Waals surface area (Å²) in [5.74, 6) is 0.666. The Hall–Kier alpha value is -0.320. The molecule has 0 radical (unpaired) electrons. The molecule has 5 heteroatoms. The summed E-state index contributed by atoms with van der Waals surface area (Å²) in [7, 11) is 0. The Labute approximate surface area is 115 Å². The Bertz CT molecular complexity index is 276. The van der Waals surface area contributed by atoms with Crippen LogP contribution in [0.5, 0.6) is 0 Å². The van der Waals surface area contributed by atoms with Gasteiger partial charge in [0.15, 0.2) is 0 Å². The van der Waals surface area contributed by atoms with Crippen LogP contribution < -0.4 is 11.1 Å². The lowest BCUT2D eigenvalue weighted by Gasteiger charge is -2.30. The van der Waals surface area contributed by atoms with Gasteiger partial charge in [-0.15, -0.1) is 12.4 Å². The van der Waals surface area contributed by atoms with E-state index in [9.17, 15) is 4.79 Å². The van der Waals surface area contributed by atoms with Crippen LogP contribution in [0.25, 0.3) is 0 Å². The van der Waals surface area contributed by atoms with Gasteiger partial charge in [-0.2, -0.15) is 0 Å². The molecule has 1 amide bonds. The van der Waals surface area contributed by atoms with E-state index in [4.69, 9.17) is 10.5 Å². The third-order valence-electron chi connectivity index (χ3n) is 4.10. The highest BCUT2D eigenvalue weighted by Crippen LogP contribution is 2.25. The van der Waals surface area contributed by atoms with Gasteiger partial charge >= 0.3 is 0 Å². The molecule has 2 rings (SSSR count). The van der Waals surface area contributed by atoms with Crippen LogP contribution in [0, 0.1) is 5.92 Å². The smallest absolute Gasteiger partial charge is 0.249 e. The molecule has 18 heavy (non-hydrogen) atoms. The van der Waals surface area contributed by atoms with Crippen molar-refractivity contribution in [2.75, 3.05) is 6.54 Å². The number of amides is 1. The number of ether oxygens (including phenoxy) is 1. The monoisotopic (exact) mass is 276 g/mol. The largest absolute Gasteiger partial charge is 0.364 e. The minimum atomic E-state index is -0.266. The van der Waals surface area contributed by atoms with Gasteiger partial charge in [0.1, 0.15) is 6.10 Å². The maximum atomic E-state index is 12.0. The zero-order chi connectivity index (χ0) is 12.3. The number of hydrogen-bond donors (Lipinski definition) is 2. The number of hydrogen-bond acceptors (Lipinski definition) is 3. The number of nitrogens with one attached hydrogen (secondary N) is 1. The van der Waals surface area contributed by atoms with Gasteiger partial charge in [-0.25, -0.2) is 0 Å². The maximum Gasteiger partial charge on any atom is 0.249 e. The predicted molar refractivity (Wildman–Crippen MR) is 73.8 cm³/mol. The summed E-state index contributed by atoms with van der Waals surface area (Å²) in [4.78, 5) is 12.0. The lowest BCUT2D eigenvalue weighted by Crippen LogP contribution is -2.45. The van der Waals surface area contributed by atoms with E-state index >= 15 is 0 Å². The van der Waals surface area contributed by atoms with Crippen LogP contribution >= 0.6 is 12.4 Å². The van der Waals surface area contributed by atoms with Gasteiger partial charge in [0.25, 0.3) is 0 Å². The number of carbonyl (C=O) groups excluding carboxylic acids is 1. The molecule has 4 nitrogen and oxygen atoms in total. The second kappa shape index (κ2) is 7.31. The SMILES string of the molecule is CC1CCCCC1NC(=O)[C@@H]1CC[C@H](CN)O1.Cl. The van der Waals surface area contributed by atoms with Gasteiger partial charge in [-0.1, -0.05) is 19.8 Å². The first kappa shape index (κ1) is 15.7. The molecule has 1 aliphatic heterocycles. The van der Waals surface area contributed by atoms with Gasteiger partial charge < -0.3 is 15.8 Å². The van der Waals surface area contributed by atoms with Crippen LogP contribution in [0.1, 0.15) is 45.4 Å². The molecule has 3 N–H and O–H groups in total. The molecule has 106 valence electrons. The summed E-state index contributed by atoms with van der Waals surface area (Å²) in [6, 6.07) is 0.344. The number of nitrogens with two attached hydrogens (primary N) is 1. The third kappa shape index (κ3) is 3.84. The number of halogens is 1.